The van der Waals surface area contributed by atoms with Gasteiger partial charge in [0.2, 0.25) is 5.91 Å². The van der Waals surface area contributed by atoms with Crippen molar-refractivity contribution < 1.29 is 4.79 Å². The zero-order valence-corrected chi connectivity index (χ0v) is 16.5. The lowest BCUT2D eigenvalue weighted by Gasteiger charge is -2.39. The molecule has 1 aromatic heterocycles. The second-order valence-electron chi connectivity index (χ2n) is 8.73. The van der Waals surface area contributed by atoms with Gasteiger partial charge in [0.25, 0.3) is 0 Å². The molecule has 3 saturated heterocycles. The van der Waals surface area contributed by atoms with Gasteiger partial charge in [0.05, 0.1) is 23.2 Å². The maximum Gasteiger partial charge on any atom is 0.237 e. The molecule has 0 aromatic carbocycles. The molecule has 4 aliphatic rings. The van der Waals surface area contributed by atoms with Crippen molar-refractivity contribution in [3.8, 4) is 0 Å². The van der Waals surface area contributed by atoms with Crippen molar-refractivity contribution >= 4 is 17.4 Å². The van der Waals surface area contributed by atoms with Gasteiger partial charge in [0, 0.05) is 19.0 Å². The van der Waals surface area contributed by atoms with Crippen LogP contribution in [0.1, 0.15) is 55.6 Å². The van der Waals surface area contributed by atoms with Crippen LogP contribution in [0, 0.1) is 5.41 Å². The molecule has 5 heterocycles. The summed E-state index contributed by atoms with van der Waals surface area (Å²) in [5.74, 6) is 0.333. The van der Waals surface area contributed by atoms with Crippen LogP contribution in [0.15, 0.2) is 0 Å². The van der Waals surface area contributed by atoms with Crippen molar-refractivity contribution in [2.24, 2.45) is 5.41 Å². The van der Waals surface area contributed by atoms with Gasteiger partial charge in [-0.05, 0) is 75.2 Å². The monoisotopic (exact) mass is 375 g/mol. The minimum Gasteiger partial charge on any atom is -0.330 e. The Morgan fingerprint density at radius 1 is 1.19 bits per heavy atom. The third-order valence-corrected chi connectivity index (χ3v) is 8.22. The Morgan fingerprint density at radius 3 is 2.73 bits per heavy atom. The van der Waals surface area contributed by atoms with Crippen LogP contribution < -0.4 is 0 Å². The number of amides is 1. The van der Waals surface area contributed by atoms with Crippen LogP contribution in [0.5, 0.6) is 0 Å². The summed E-state index contributed by atoms with van der Waals surface area (Å²) in [5, 5.41) is 4.28. The number of nitrogens with zero attached hydrogens (tertiary/aromatic N) is 5. The molecule has 142 valence electrons. The van der Waals surface area contributed by atoms with Crippen LogP contribution in [0.2, 0.25) is 0 Å². The van der Waals surface area contributed by atoms with Gasteiger partial charge in [-0.2, -0.15) is 0 Å². The SMILES string of the molecule is CCN1CCC2(CC1)CCN(CC(=O)N1[C@@H]3CC[C@@H]1c1snnc1C3)C2. The van der Waals surface area contributed by atoms with Gasteiger partial charge in [-0.1, -0.05) is 11.4 Å². The average Bonchev–Trinajstić information content (AvgIpc) is 3.35. The van der Waals surface area contributed by atoms with Gasteiger partial charge >= 0.3 is 0 Å². The molecule has 26 heavy (non-hydrogen) atoms. The fourth-order valence-electron chi connectivity index (χ4n) is 5.74. The van der Waals surface area contributed by atoms with Crippen molar-refractivity contribution in [3.63, 3.8) is 0 Å². The van der Waals surface area contributed by atoms with Crippen molar-refractivity contribution in [2.75, 3.05) is 39.3 Å². The molecule has 1 aromatic rings. The van der Waals surface area contributed by atoms with Crippen molar-refractivity contribution in [2.45, 2.75) is 57.5 Å². The Morgan fingerprint density at radius 2 is 1.96 bits per heavy atom. The molecule has 6 nitrogen and oxygen atoms in total. The Labute approximate surface area is 159 Å². The predicted octanol–water partition coefficient (Wildman–Crippen LogP) is 1.93. The number of likely N-dealkylation sites (tertiary alicyclic amines) is 2. The largest absolute Gasteiger partial charge is 0.330 e. The normalized spacial score (nSPS) is 30.9. The van der Waals surface area contributed by atoms with E-state index in [0.29, 0.717) is 23.9 Å². The molecule has 2 bridgehead atoms. The van der Waals surface area contributed by atoms with Gasteiger partial charge in [-0.3, -0.25) is 9.69 Å². The molecular formula is C19H29N5OS. The van der Waals surface area contributed by atoms with Crippen LogP contribution in [0.4, 0.5) is 0 Å². The lowest BCUT2D eigenvalue weighted by molar-refractivity contribution is -0.135. The summed E-state index contributed by atoms with van der Waals surface area (Å²) in [7, 11) is 0. The third-order valence-electron chi connectivity index (χ3n) is 7.35. The number of carbonyl (C=O) groups is 1. The number of hydrogen-bond donors (Lipinski definition) is 0. The first-order valence-electron chi connectivity index (χ1n) is 10.2. The zero-order valence-electron chi connectivity index (χ0n) is 15.7. The molecule has 7 heteroatoms. The van der Waals surface area contributed by atoms with Gasteiger partial charge < -0.3 is 9.80 Å². The molecule has 5 rings (SSSR count). The fraction of sp³-hybridized carbons (Fsp3) is 0.842. The van der Waals surface area contributed by atoms with Crippen LogP contribution >= 0.6 is 11.5 Å². The summed E-state index contributed by atoms with van der Waals surface area (Å²) >= 11 is 1.50. The van der Waals surface area contributed by atoms with E-state index in [2.05, 4.69) is 31.2 Å². The molecule has 1 amide bonds. The number of aromatic nitrogens is 2. The maximum absolute atomic E-state index is 13.2. The Hall–Kier alpha value is -1.05. The van der Waals surface area contributed by atoms with Crippen LogP contribution in [0.3, 0.4) is 0 Å². The van der Waals surface area contributed by atoms with Crippen LogP contribution in [-0.2, 0) is 11.2 Å². The molecule has 0 N–H and O–H groups in total. The Balaban J connectivity index is 1.22. The fourth-order valence-corrected chi connectivity index (χ4v) is 6.55. The Bertz CT molecular complexity index is 683. The van der Waals surface area contributed by atoms with Gasteiger partial charge in [0.15, 0.2) is 0 Å². The average molecular weight is 376 g/mol. The van der Waals surface area contributed by atoms with E-state index in [-0.39, 0.29) is 6.04 Å². The van der Waals surface area contributed by atoms with E-state index in [1.807, 2.05) is 0 Å². The minimum absolute atomic E-state index is 0.251. The molecule has 3 fully saturated rings. The van der Waals surface area contributed by atoms with Gasteiger partial charge in [0.1, 0.15) is 0 Å². The second kappa shape index (κ2) is 6.53. The summed E-state index contributed by atoms with van der Waals surface area (Å²) < 4.78 is 4.13. The summed E-state index contributed by atoms with van der Waals surface area (Å²) in [6.45, 7) is 8.71. The summed E-state index contributed by atoms with van der Waals surface area (Å²) in [5.41, 5.74) is 1.62. The summed E-state index contributed by atoms with van der Waals surface area (Å²) in [6.07, 6.45) is 6.99. The van der Waals surface area contributed by atoms with Crippen LogP contribution in [-0.4, -0.2) is 75.5 Å². The molecule has 0 radical (unpaired) electrons. The molecule has 0 aliphatic carbocycles. The topological polar surface area (TPSA) is 52.6 Å². The molecule has 0 unspecified atom stereocenters. The molecule has 2 atom stereocenters. The van der Waals surface area contributed by atoms with E-state index < -0.39 is 0 Å². The van der Waals surface area contributed by atoms with E-state index in [9.17, 15) is 4.79 Å². The predicted molar refractivity (Wildman–Crippen MR) is 101 cm³/mol. The van der Waals surface area contributed by atoms with Gasteiger partial charge in [-0.25, -0.2) is 0 Å². The van der Waals surface area contributed by atoms with E-state index in [0.717, 1.165) is 38.0 Å². The van der Waals surface area contributed by atoms with Crippen LogP contribution in [0.25, 0.3) is 0 Å². The highest BCUT2D eigenvalue weighted by molar-refractivity contribution is 7.05. The third kappa shape index (κ3) is 2.79. The number of hydrogen-bond acceptors (Lipinski definition) is 6. The second-order valence-corrected chi connectivity index (χ2v) is 9.52. The quantitative estimate of drug-likeness (QED) is 0.808. The van der Waals surface area contributed by atoms with E-state index in [4.69, 9.17) is 0 Å². The minimum atomic E-state index is 0.251. The first kappa shape index (κ1) is 17.1. The van der Waals surface area contributed by atoms with Gasteiger partial charge in [-0.15, -0.1) is 5.10 Å². The summed E-state index contributed by atoms with van der Waals surface area (Å²) in [6, 6.07) is 0.605. The summed E-state index contributed by atoms with van der Waals surface area (Å²) in [4.78, 5) is 21.6. The molecule has 0 saturated carbocycles. The van der Waals surface area contributed by atoms with Crippen molar-refractivity contribution in [1.82, 2.24) is 24.3 Å². The Kier molecular flexibility index (Phi) is 4.29. The number of fused-ring (bicyclic) bond motifs is 4. The first-order chi connectivity index (χ1) is 12.7. The highest BCUT2D eigenvalue weighted by Crippen LogP contribution is 2.45. The van der Waals surface area contributed by atoms with Crippen molar-refractivity contribution in [1.29, 1.82) is 0 Å². The van der Waals surface area contributed by atoms with E-state index in [1.165, 1.54) is 55.3 Å². The highest BCUT2D eigenvalue weighted by Gasteiger charge is 2.46. The standard InChI is InChI=1S/C19H29N5OS/c1-2-22-8-5-19(6-9-22)7-10-23(13-19)12-17(25)24-14-3-4-16(24)18-15(11-14)20-21-26-18/h14,16H,2-13H2,1H3/t14-,16-/m1/s1. The smallest absolute Gasteiger partial charge is 0.237 e. The highest BCUT2D eigenvalue weighted by atomic mass is 32.1. The lowest BCUT2D eigenvalue weighted by atomic mass is 9.78. The molecule has 1 spiro atoms. The first-order valence-corrected chi connectivity index (χ1v) is 11.0. The van der Waals surface area contributed by atoms with E-state index in [1.54, 1.807) is 0 Å². The lowest BCUT2D eigenvalue weighted by Crippen LogP contribution is -2.47. The van der Waals surface area contributed by atoms with Crippen molar-refractivity contribution in [3.05, 3.63) is 10.6 Å². The molecule has 4 aliphatic heterocycles. The maximum atomic E-state index is 13.2. The number of carbonyl (C=O) groups excluding carboxylic acids is 1. The number of piperidine rings is 1. The molecular weight excluding hydrogens is 346 g/mol. The zero-order chi connectivity index (χ0) is 17.7. The number of rotatable bonds is 3. The van der Waals surface area contributed by atoms with E-state index >= 15 is 0 Å².